The van der Waals surface area contributed by atoms with Crippen molar-refractivity contribution in [2.75, 3.05) is 6.61 Å². The second kappa shape index (κ2) is 6.03. The van der Waals surface area contributed by atoms with Crippen LogP contribution in [-0.4, -0.2) is 12.4 Å². The Morgan fingerprint density at radius 3 is 2.39 bits per heavy atom. The van der Waals surface area contributed by atoms with Gasteiger partial charge >= 0.3 is 0 Å². The van der Waals surface area contributed by atoms with E-state index in [-0.39, 0.29) is 18.3 Å². The number of benzene rings is 1. The third-order valence-electron chi connectivity index (χ3n) is 3.83. The molecule has 0 saturated heterocycles. The van der Waals surface area contributed by atoms with Gasteiger partial charge in [0.25, 0.3) is 0 Å². The molecule has 0 heterocycles. The first kappa shape index (κ1) is 13.1. The van der Waals surface area contributed by atoms with E-state index >= 15 is 0 Å². The number of para-hydroxylation sites is 1. The summed E-state index contributed by atoms with van der Waals surface area (Å²) in [6, 6.07) is 6.06. The van der Waals surface area contributed by atoms with Gasteiger partial charge in [0.2, 0.25) is 0 Å². The highest BCUT2D eigenvalue weighted by Gasteiger charge is 2.21. The van der Waals surface area contributed by atoms with Crippen molar-refractivity contribution in [3.8, 4) is 5.75 Å². The quantitative estimate of drug-likeness (QED) is 0.807. The molecular weight excluding hydrogens is 224 g/mol. The SMILES string of the molecule is Cc1cccc(C)c1OCC(=O)C1CCCCC1. The molecule has 0 atom stereocenters. The Morgan fingerprint density at radius 2 is 1.78 bits per heavy atom. The molecule has 0 unspecified atom stereocenters. The highest BCUT2D eigenvalue weighted by atomic mass is 16.5. The molecule has 1 aromatic rings. The lowest BCUT2D eigenvalue weighted by molar-refractivity contribution is -0.125. The molecule has 98 valence electrons. The van der Waals surface area contributed by atoms with Gasteiger partial charge in [0.1, 0.15) is 12.4 Å². The Hall–Kier alpha value is -1.31. The Bertz CT molecular complexity index is 397. The zero-order valence-electron chi connectivity index (χ0n) is 11.4. The van der Waals surface area contributed by atoms with Gasteiger partial charge in [-0.25, -0.2) is 0 Å². The number of hydrogen-bond acceptors (Lipinski definition) is 2. The van der Waals surface area contributed by atoms with E-state index in [1.807, 2.05) is 32.0 Å². The summed E-state index contributed by atoms with van der Waals surface area (Å²) in [7, 11) is 0. The molecule has 18 heavy (non-hydrogen) atoms. The lowest BCUT2D eigenvalue weighted by Crippen LogP contribution is -2.23. The van der Waals surface area contributed by atoms with Crippen LogP contribution in [0.4, 0.5) is 0 Å². The zero-order chi connectivity index (χ0) is 13.0. The highest BCUT2D eigenvalue weighted by Crippen LogP contribution is 2.26. The lowest BCUT2D eigenvalue weighted by Gasteiger charge is -2.20. The Morgan fingerprint density at radius 1 is 1.17 bits per heavy atom. The summed E-state index contributed by atoms with van der Waals surface area (Å²) in [5.41, 5.74) is 2.21. The molecule has 2 rings (SSSR count). The molecule has 0 spiro atoms. The average molecular weight is 246 g/mol. The van der Waals surface area contributed by atoms with Crippen LogP contribution in [0.1, 0.15) is 43.2 Å². The Labute approximate surface area is 109 Å². The van der Waals surface area contributed by atoms with E-state index in [1.54, 1.807) is 0 Å². The standard InChI is InChI=1S/C16H22O2/c1-12-7-6-8-13(2)16(12)18-11-15(17)14-9-4-3-5-10-14/h6-8,14H,3-5,9-11H2,1-2H3. The van der Waals surface area contributed by atoms with E-state index in [2.05, 4.69) is 0 Å². The van der Waals surface area contributed by atoms with Gasteiger partial charge in [0, 0.05) is 5.92 Å². The predicted molar refractivity (Wildman–Crippen MR) is 73.0 cm³/mol. The second-order valence-corrected chi connectivity index (χ2v) is 5.31. The van der Waals surface area contributed by atoms with Gasteiger partial charge < -0.3 is 4.74 Å². The van der Waals surface area contributed by atoms with E-state index in [0.29, 0.717) is 0 Å². The average Bonchev–Trinajstić information content (AvgIpc) is 2.39. The number of ether oxygens (including phenoxy) is 1. The first-order valence-electron chi connectivity index (χ1n) is 6.90. The maximum absolute atomic E-state index is 12.1. The van der Waals surface area contributed by atoms with Crippen molar-refractivity contribution in [2.24, 2.45) is 5.92 Å². The highest BCUT2D eigenvalue weighted by molar-refractivity contribution is 5.82. The van der Waals surface area contributed by atoms with Gasteiger partial charge in [0.05, 0.1) is 0 Å². The van der Waals surface area contributed by atoms with Gasteiger partial charge in [-0.3, -0.25) is 4.79 Å². The van der Waals surface area contributed by atoms with Crippen molar-refractivity contribution in [3.05, 3.63) is 29.3 Å². The Kier molecular flexibility index (Phi) is 4.40. The van der Waals surface area contributed by atoms with Gasteiger partial charge in [-0.2, -0.15) is 0 Å². The predicted octanol–water partition coefficient (Wildman–Crippen LogP) is 3.83. The first-order chi connectivity index (χ1) is 8.68. The molecule has 0 bridgehead atoms. The fourth-order valence-corrected chi connectivity index (χ4v) is 2.71. The molecule has 2 nitrogen and oxygen atoms in total. The summed E-state index contributed by atoms with van der Waals surface area (Å²) in [5, 5.41) is 0. The minimum atomic E-state index is 0.232. The van der Waals surface area contributed by atoms with Crippen LogP contribution in [0.3, 0.4) is 0 Å². The fourth-order valence-electron chi connectivity index (χ4n) is 2.71. The first-order valence-corrected chi connectivity index (χ1v) is 6.90. The van der Waals surface area contributed by atoms with Crippen molar-refractivity contribution >= 4 is 5.78 Å². The monoisotopic (exact) mass is 246 g/mol. The molecule has 1 fully saturated rings. The summed E-state index contributed by atoms with van der Waals surface area (Å²) in [6.45, 7) is 4.27. The minimum absolute atomic E-state index is 0.232. The smallest absolute Gasteiger partial charge is 0.173 e. The van der Waals surface area contributed by atoms with Crippen molar-refractivity contribution in [2.45, 2.75) is 46.0 Å². The largest absolute Gasteiger partial charge is 0.485 e. The van der Waals surface area contributed by atoms with E-state index in [4.69, 9.17) is 4.74 Å². The summed E-state index contributed by atoms with van der Waals surface area (Å²) >= 11 is 0. The summed E-state index contributed by atoms with van der Waals surface area (Å²) in [4.78, 5) is 12.1. The number of Topliss-reactive ketones (excluding diaryl/α,β-unsaturated/α-hetero) is 1. The van der Waals surface area contributed by atoms with Crippen LogP contribution in [0, 0.1) is 19.8 Å². The molecule has 0 N–H and O–H groups in total. The molecule has 2 heteroatoms. The van der Waals surface area contributed by atoms with Crippen LogP contribution in [0.2, 0.25) is 0 Å². The van der Waals surface area contributed by atoms with Crippen LogP contribution < -0.4 is 4.74 Å². The van der Waals surface area contributed by atoms with Crippen LogP contribution in [0.25, 0.3) is 0 Å². The fraction of sp³-hybridized carbons (Fsp3) is 0.562. The summed E-state index contributed by atoms with van der Waals surface area (Å²) < 4.78 is 5.73. The number of carbonyl (C=O) groups is 1. The zero-order valence-corrected chi connectivity index (χ0v) is 11.4. The van der Waals surface area contributed by atoms with Crippen molar-refractivity contribution in [1.82, 2.24) is 0 Å². The molecule has 1 aromatic carbocycles. The molecule has 1 aliphatic rings. The van der Waals surface area contributed by atoms with Crippen molar-refractivity contribution < 1.29 is 9.53 Å². The third kappa shape index (κ3) is 3.12. The summed E-state index contributed by atoms with van der Waals surface area (Å²) in [6.07, 6.45) is 5.77. The van der Waals surface area contributed by atoms with E-state index in [1.165, 1.54) is 19.3 Å². The molecule has 0 aromatic heterocycles. The van der Waals surface area contributed by atoms with Crippen LogP contribution in [0.5, 0.6) is 5.75 Å². The summed E-state index contributed by atoms with van der Waals surface area (Å²) in [5.74, 6) is 1.39. The van der Waals surface area contributed by atoms with Crippen molar-refractivity contribution in [1.29, 1.82) is 0 Å². The maximum Gasteiger partial charge on any atom is 0.173 e. The van der Waals surface area contributed by atoms with Gasteiger partial charge in [-0.1, -0.05) is 37.5 Å². The maximum atomic E-state index is 12.1. The molecule has 0 amide bonds. The molecular formula is C16H22O2. The van der Waals surface area contributed by atoms with Gasteiger partial charge in [-0.05, 0) is 37.8 Å². The van der Waals surface area contributed by atoms with Gasteiger partial charge in [-0.15, -0.1) is 0 Å². The number of rotatable bonds is 4. The number of carbonyl (C=O) groups excluding carboxylic acids is 1. The van der Waals surface area contributed by atoms with E-state index < -0.39 is 0 Å². The molecule has 1 saturated carbocycles. The van der Waals surface area contributed by atoms with E-state index in [0.717, 1.165) is 29.7 Å². The molecule has 0 radical (unpaired) electrons. The van der Waals surface area contributed by atoms with Gasteiger partial charge in [0.15, 0.2) is 5.78 Å². The second-order valence-electron chi connectivity index (χ2n) is 5.31. The van der Waals surface area contributed by atoms with Crippen LogP contribution in [0.15, 0.2) is 18.2 Å². The third-order valence-corrected chi connectivity index (χ3v) is 3.83. The topological polar surface area (TPSA) is 26.3 Å². The van der Waals surface area contributed by atoms with Crippen LogP contribution in [-0.2, 0) is 4.79 Å². The Balaban J connectivity index is 1.92. The molecule has 0 aliphatic heterocycles. The number of hydrogen-bond donors (Lipinski definition) is 0. The normalized spacial score (nSPS) is 16.6. The number of aryl methyl sites for hydroxylation is 2. The number of ketones is 1. The molecule has 1 aliphatic carbocycles. The lowest BCUT2D eigenvalue weighted by atomic mass is 9.86. The van der Waals surface area contributed by atoms with E-state index in [9.17, 15) is 4.79 Å². The van der Waals surface area contributed by atoms with Crippen molar-refractivity contribution in [3.63, 3.8) is 0 Å². The minimum Gasteiger partial charge on any atom is -0.485 e. The van der Waals surface area contributed by atoms with Crippen LogP contribution >= 0.6 is 0 Å².